The minimum Gasteiger partial charge on any atom is -0.456 e. The maximum Gasteiger partial charge on any atom is 0.138 e. The largest absolute Gasteiger partial charge is 0.456 e. The Hall–Kier alpha value is -3.54. The molecule has 0 saturated carbocycles. The van der Waals surface area contributed by atoms with Gasteiger partial charge in [-0.1, -0.05) is 121 Å². The van der Waals surface area contributed by atoms with Crippen LogP contribution in [0.4, 0.5) is 0 Å². The van der Waals surface area contributed by atoms with E-state index in [2.05, 4.69) is 127 Å². The van der Waals surface area contributed by atoms with Crippen LogP contribution in [0, 0.1) is 0 Å². The first kappa shape index (κ1) is 22.0. The van der Waals surface area contributed by atoms with E-state index in [1.165, 1.54) is 45.4 Å². The molecule has 1 aliphatic rings. The second-order valence-electron chi connectivity index (χ2n) is 9.18. The van der Waals surface area contributed by atoms with Crippen molar-refractivity contribution in [2.24, 2.45) is 0 Å². The maximum atomic E-state index is 6.85. The van der Waals surface area contributed by atoms with Crippen molar-refractivity contribution in [1.29, 1.82) is 0 Å². The third kappa shape index (κ3) is 4.01. The van der Waals surface area contributed by atoms with E-state index in [4.69, 9.17) is 4.42 Å². The molecule has 0 spiro atoms. The summed E-state index contributed by atoms with van der Waals surface area (Å²) in [7, 11) is 0. The normalized spacial score (nSPS) is 13.3. The van der Waals surface area contributed by atoms with Crippen LogP contribution in [0.1, 0.15) is 29.7 Å². The van der Waals surface area contributed by atoms with Gasteiger partial charge < -0.3 is 4.42 Å². The Morgan fingerprint density at radius 1 is 0.514 bits per heavy atom. The highest BCUT2D eigenvalue weighted by Crippen LogP contribution is 2.46. The fourth-order valence-corrected chi connectivity index (χ4v) is 9.25. The molecule has 2 heteroatoms. The predicted octanol–water partition coefficient (Wildman–Crippen LogP) is 6.97. The highest BCUT2D eigenvalue weighted by molar-refractivity contribution is 7.94. The average molecular weight is 473 g/mol. The molecule has 1 aromatic heterocycles. The summed E-state index contributed by atoms with van der Waals surface area (Å²) in [5.41, 5.74) is 3.98. The third-order valence-corrected chi connectivity index (χ3v) is 11.0. The van der Waals surface area contributed by atoms with E-state index in [9.17, 15) is 0 Å². The monoisotopic (exact) mass is 472 g/mol. The van der Waals surface area contributed by atoms with Crippen LogP contribution in [0.5, 0.6) is 0 Å². The van der Waals surface area contributed by atoms with Gasteiger partial charge in [-0.2, -0.15) is 0 Å². The fourth-order valence-electron chi connectivity index (χ4n) is 5.42. The second-order valence-corrected chi connectivity index (χ2v) is 12.4. The van der Waals surface area contributed by atoms with E-state index >= 15 is 0 Å². The lowest BCUT2D eigenvalue weighted by molar-refractivity contribution is 0.571. The van der Waals surface area contributed by atoms with Crippen molar-refractivity contribution in [2.75, 3.05) is 0 Å². The lowest BCUT2D eigenvalue weighted by Gasteiger charge is -2.28. The molecule has 4 aromatic carbocycles. The Morgan fingerprint density at radius 3 is 1.43 bits per heavy atom. The van der Waals surface area contributed by atoms with Gasteiger partial charge in [-0.15, -0.1) is 0 Å². The van der Waals surface area contributed by atoms with Gasteiger partial charge in [0.25, 0.3) is 0 Å². The molecule has 0 unspecified atom stereocenters. The summed E-state index contributed by atoms with van der Waals surface area (Å²) in [5.74, 6) is 4.62. The number of fused-ring (bicyclic) bond motifs is 1. The van der Waals surface area contributed by atoms with E-state index in [0.717, 1.165) is 24.4 Å². The molecule has 1 nitrogen and oxygen atoms in total. The Balaban J connectivity index is 1.70. The van der Waals surface area contributed by atoms with Crippen molar-refractivity contribution < 1.29 is 4.42 Å². The molecule has 0 atom stereocenters. The summed E-state index contributed by atoms with van der Waals surface area (Å²) in [6, 6.07) is 43.7. The third-order valence-electron chi connectivity index (χ3n) is 7.09. The molecule has 0 fully saturated rings. The number of hydrogen-bond acceptors (Lipinski definition) is 1. The van der Waals surface area contributed by atoms with E-state index in [1.54, 1.807) is 0 Å². The highest BCUT2D eigenvalue weighted by atomic mass is 31.2. The van der Waals surface area contributed by atoms with Crippen LogP contribution in [0.3, 0.4) is 0 Å². The lowest BCUT2D eigenvalue weighted by atomic mass is 9.91. The average Bonchev–Trinajstić information content (AvgIpc) is 3.32. The summed E-state index contributed by atoms with van der Waals surface area (Å²) < 4.78 is 6.85. The smallest absolute Gasteiger partial charge is 0.138 e. The van der Waals surface area contributed by atoms with Crippen LogP contribution >= 0.6 is 6.89 Å². The van der Waals surface area contributed by atoms with Gasteiger partial charge in [-0.3, -0.25) is 0 Å². The zero-order chi connectivity index (χ0) is 23.5. The standard InChI is InChI=1S/C33H29OP/c1-5-15-26(16-6-1)33-31-24-14-13-23-30(31)32(34-33)25-35(27-17-7-2-8-18-27,28-19-9-3-10-20-28)29-21-11-4-12-22-29/h1-12,15-22,25H,13-14,23-24H2. The summed E-state index contributed by atoms with van der Waals surface area (Å²) >= 11 is 0. The molecule has 0 amide bonds. The van der Waals surface area contributed by atoms with Gasteiger partial charge >= 0.3 is 0 Å². The first-order valence-corrected chi connectivity index (χ1v) is 14.3. The van der Waals surface area contributed by atoms with Gasteiger partial charge in [0.2, 0.25) is 0 Å². The topological polar surface area (TPSA) is 13.1 Å². The van der Waals surface area contributed by atoms with E-state index in [1.807, 2.05) is 0 Å². The van der Waals surface area contributed by atoms with E-state index < -0.39 is 6.89 Å². The number of rotatable bonds is 5. The van der Waals surface area contributed by atoms with Gasteiger partial charge in [0, 0.05) is 16.7 Å². The van der Waals surface area contributed by atoms with Crippen LogP contribution in [0.25, 0.3) is 11.3 Å². The Labute approximate surface area is 208 Å². The quantitative estimate of drug-likeness (QED) is 0.252. The van der Waals surface area contributed by atoms with Crippen molar-refractivity contribution in [3.8, 4) is 11.3 Å². The van der Waals surface area contributed by atoms with Gasteiger partial charge in [-0.25, -0.2) is 0 Å². The molecule has 0 N–H and O–H groups in total. The number of furan rings is 1. The van der Waals surface area contributed by atoms with Crippen LogP contribution in [-0.4, -0.2) is 5.80 Å². The molecule has 172 valence electrons. The lowest BCUT2D eigenvalue weighted by Crippen LogP contribution is -2.27. The molecule has 5 aromatic rings. The van der Waals surface area contributed by atoms with Gasteiger partial charge in [0.05, 0.1) is 0 Å². The zero-order valence-electron chi connectivity index (χ0n) is 19.8. The van der Waals surface area contributed by atoms with Crippen molar-refractivity contribution in [3.05, 3.63) is 138 Å². The predicted molar refractivity (Wildman–Crippen MR) is 151 cm³/mol. The summed E-state index contributed by atoms with van der Waals surface area (Å²) in [4.78, 5) is 0. The fraction of sp³-hybridized carbons (Fsp3) is 0.121. The minimum absolute atomic E-state index is 1.05. The van der Waals surface area contributed by atoms with Crippen LogP contribution < -0.4 is 15.9 Å². The maximum absolute atomic E-state index is 6.85. The Bertz CT molecular complexity index is 1360. The first-order chi connectivity index (χ1) is 17.4. The Kier molecular flexibility index (Phi) is 6.03. The second kappa shape index (κ2) is 9.61. The molecule has 6 rings (SSSR count). The van der Waals surface area contributed by atoms with Gasteiger partial charge in [0.15, 0.2) is 0 Å². The molecule has 0 aliphatic heterocycles. The molecule has 0 radical (unpaired) electrons. The summed E-state index contributed by atoms with van der Waals surface area (Å²) in [5, 5.41) is 4.04. The molecular weight excluding hydrogens is 443 g/mol. The van der Waals surface area contributed by atoms with Crippen molar-refractivity contribution >= 4 is 28.6 Å². The Morgan fingerprint density at radius 2 is 0.943 bits per heavy atom. The molecule has 35 heavy (non-hydrogen) atoms. The highest BCUT2D eigenvalue weighted by Gasteiger charge is 2.29. The summed E-state index contributed by atoms with van der Waals surface area (Å²) in [6.07, 6.45) is 4.61. The van der Waals surface area contributed by atoms with Gasteiger partial charge in [0.1, 0.15) is 11.5 Å². The zero-order valence-corrected chi connectivity index (χ0v) is 20.7. The minimum atomic E-state index is -2.12. The van der Waals surface area contributed by atoms with Crippen LogP contribution in [0.2, 0.25) is 0 Å². The molecule has 1 aliphatic carbocycles. The summed E-state index contributed by atoms with van der Waals surface area (Å²) in [6.45, 7) is -2.12. The molecular formula is C33H29OP. The van der Waals surface area contributed by atoms with E-state index in [0.29, 0.717) is 0 Å². The molecule has 1 heterocycles. The van der Waals surface area contributed by atoms with Crippen LogP contribution in [-0.2, 0) is 12.8 Å². The molecule has 0 bridgehead atoms. The molecule has 0 saturated heterocycles. The van der Waals surface area contributed by atoms with E-state index in [-0.39, 0.29) is 0 Å². The first-order valence-electron chi connectivity index (χ1n) is 12.5. The number of benzene rings is 4. The number of hydrogen-bond donors (Lipinski definition) is 0. The SMILES string of the molecule is C(c1oc(-c2ccccc2)c2c1CCCC2)=P(c1ccccc1)(c1ccccc1)c1ccccc1. The van der Waals surface area contributed by atoms with Crippen molar-refractivity contribution in [2.45, 2.75) is 25.7 Å². The van der Waals surface area contributed by atoms with Crippen LogP contribution in [0.15, 0.2) is 126 Å². The van der Waals surface area contributed by atoms with Crippen molar-refractivity contribution in [3.63, 3.8) is 0 Å². The van der Waals surface area contributed by atoms with Crippen molar-refractivity contribution in [1.82, 2.24) is 0 Å². The van der Waals surface area contributed by atoms with Gasteiger partial charge in [-0.05, 0) is 54.3 Å².